The topological polar surface area (TPSA) is 56.1 Å². The summed E-state index contributed by atoms with van der Waals surface area (Å²) in [6.45, 7) is 4.16. The number of nitrogens with one attached hydrogen (secondary N) is 1. The van der Waals surface area contributed by atoms with Crippen molar-refractivity contribution in [2.24, 2.45) is 0 Å². The van der Waals surface area contributed by atoms with E-state index in [-0.39, 0.29) is 5.91 Å². The van der Waals surface area contributed by atoms with Gasteiger partial charge in [-0.15, -0.1) is 0 Å². The van der Waals surface area contributed by atoms with Crippen LogP contribution in [0.1, 0.15) is 54.2 Å². The number of unbranched alkanes of at least 4 members (excludes halogenated alkanes) is 1. The zero-order chi connectivity index (χ0) is 17.5. The van der Waals surface area contributed by atoms with Gasteiger partial charge in [-0.3, -0.25) is 9.48 Å². The fraction of sp³-hybridized carbons (Fsp3) is 0.500. The molecule has 0 unspecified atom stereocenters. The molecular weight excluding hydrogens is 314 g/mol. The van der Waals surface area contributed by atoms with Crippen LogP contribution in [0.2, 0.25) is 0 Å². The number of rotatable bonds is 8. The number of aromatic nitrogens is 2. The van der Waals surface area contributed by atoms with E-state index in [1.165, 1.54) is 24.1 Å². The van der Waals surface area contributed by atoms with Gasteiger partial charge in [0.05, 0.1) is 19.3 Å². The van der Waals surface area contributed by atoms with Crippen molar-refractivity contribution in [3.63, 3.8) is 0 Å². The lowest BCUT2D eigenvalue weighted by Gasteiger charge is -2.14. The molecule has 2 aromatic rings. The first-order valence-corrected chi connectivity index (χ1v) is 9.32. The highest BCUT2D eigenvalue weighted by atomic mass is 16.5. The average Bonchev–Trinajstić information content (AvgIpc) is 3.06. The molecule has 134 valence electrons. The largest absolute Gasteiger partial charge is 0.494 e. The Hall–Kier alpha value is -2.30. The number of ether oxygens (including phenoxy) is 1. The van der Waals surface area contributed by atoms with Crippen molar-refractivity contribution in [2.45, 2.75) is 52.0 Å². The van der Waals surface area contributed by atoms with Crippen molar-refractivity contribution in [2.75, 3.05) is 13.2 Å². The van der Waals surface area contributed by atoms with Crippen LogP contribution in [0.4, 0.5) is 0 Å². The highest BCUT2D eigenvalue weighted by molar-refractivity contribution is 5.94. The summed E-state index contributed by atoms with van der Waals surface area (Å²) >= 11 is 0. The van der Waals surface area contributed by atoms with Gasteiger partial charge in [-0.05, 0) is 61.9 Å². The van der Waals surface area contributed by atoms with E-state index in [0.717, 1.165) is 44.6 Å². The van der Waals surface area contributed by atoms with E-state index in [9.17, 15) is 4.79 Å². The zero-order valence-corrected chi connectivity index (χ0v) is 15.0. The molecule has 5 nitrogen and oxygen atoms in total. The van der Waals surface area contributed by atoms with Crippen LogP contribution in [0.25, 0.3) is 0 Å². The van der Waals surface area contributed by atoms with Crippen LogP contribution < -0.4 is 10.1 Å². The van der Waals surface area contributed by atoms with E-state index in [1.807, 2.05) is 35.1 Å². The minimum Gasteiger partial charge on any atom is -0.494 e. The number of nitrogens with zero attached hydrogens (tertiary/aromatic N) is 2. The summed E-state index contributed by atoms with van der Waals surface area (Å²) in [5, 5.41) is 7.44. The summed E-state index contributed by atoms with van der Waals surface area (Å²) in [6.07, 6.45) is 8.86. The monoisotopic (exact) mass is 341 g/mol. The third-order valence-corrected chi connectivity index (χ3v) is 4.64. The number of hydrogen-bond donors (Lipinski definition) is 1. The molecule has 1 N–H and O–H groups in total. The highest BCUT2D eigenvalue weighted by Gasteiger charge is 2.14. The number of amides is 1. The molecule has 0 spiro atoms. The van der Waals surface area contributed by atoms with E-state index in [4.69, 9.17) is 4.74 Å². The summed E-state index contributed by atoms with van der Waals surface area (Å²) in [4.78, 5) is 12.3. The molecule has 1 aromatic heterocycles. The van der Waals surface area contributed by atoms with Crippen molar-refractivity contribution in [3.8, 4) is 5.75 Å². The van der Waals surface area contributed by atoms with Gasteiger partial charge in [0.1, 0.15) is 5.75 Å². The third kappa shape index (κ3) is 4.62. The molecule has 1 heterocycles. The molecule has 0 saturated heterocycles. The molecule has 25 heavy (non-hydrogen) atoms. The molecule has 0 aliphatic heterocycles. The lowest BCUT2D eigenvalue weighted by atomic mass is 9.98. The first-order valence-electron chi connectivity index (χ1n) is 9.32. The predicted molar refractivity (Wildman–Crippen MR) is 98.0 cm³/mol. The van der Waals surface area contributed by atoms with Crippen LogP contribution >= 0.6 is 0 Å². The third-order valence-electron chi connectivity index (χ3n) is 4.64. The number of carbonyl (C=O) groups excluding carboxylic acids is 1. The van der Waals surface area contributed by atoms with Crippen LogP contribution in [-0.2, 0) is 19.4 Å². The first-order chi connectivity index (χ1) is 12.3. The second-order valence-corrected chi connectivity index (χ2v) is 6.53. The van der Waals surface area contributed by atoms with Gasteiger partial charge in [-0.25, -0.2) is 0 Å². The number of benzene rings is 1. The molecule has 3 rings (SSSR count). The Labute approximate surface area is 149 Å². The smallest absolute Gasteiger partial charge is 0.251 e. The Morgan fingerprint density at radius 2 is 2.04 bits per heavy atom. The normalized spacial score (nSPS) is 13.3. The lowest BCUT2D eigenvalue weighted by Crippen LogP contribution is -2.28. The highest BCUT2D eigenvalue weighted by Crippen LogP contribution is 2.20. The van der Waals surface area contributed by atoms with Gasteiger partial charge in [0, 0.05) is 17.8 Å². The molecule has 1 aromatic carbocycles. The molecule has 0 atom stereocenters. The van der Waals surface area contributed by atoms with Crippen LogP contribution in [-0.4, -0.2) is 28.8 Å². The molecule has 0 saturated carbocycles. The Kier molecular flexibility index (Phi) is 6.09. The zero-order valence-electron chi connectivity index (χ0n) is 15.0. The lowest BCUT2D eigenvalue weighted by molar-refractivity contribution is 0.0951. The quantitative estimate of drug-likeness (QED) is 0.749. The fourth-order valence-corrected chi connectivity index (χ4v) is 3.16. The molecule has 0 bridgehead atoms. The van der Waals surface area contributed by atoms with Crippen LogP contribution in [0.3, 0.4) is 0 Å². The fourth-order valence-electron chi connectivity index (χ4n) is 3.16. The van der Waals surface area contributed by atoms with Gasteiger partial charge in [0.25, 0.3) is 5.91 Å². The first kappa shape index (κ1) is 17.5. The van der Waals surface area contributed by atoms with Crippen LogP contribution in [0.5, 0.6) is 5.75 Å². The maximum Gasteiger partial charge on any atom is 0.251 e. The van der Waals surface area contributed by atoms with Crippen LogP contribution in [0, 0.1) is 0 Å². The van der Waals surface area contributed by atoms with Crippen molar-refractivity contribution >= 4 is 5.91 Å². The van der Waals surface area contributed by atoms with Gasteiger partial charge < -0.3 is 10.1 Å². The Morgan fingerprint density at radius 1 is 1.24 bits per heavy atom. The van der Waals surface area contributed by atoms with E-state index >= 15 is 0 Å². The van der Waals surface area contributed by atoms with Gasteiger partial charge in [0.2, 0.25) is 0 Å². The number of fused-ring (bicyclic) bond motifs is 1. The maximum atomic E-state index is 12.3. The molecule has 1 amide bonds. The van der Waals surface area contributed by atoms with Gasteiger partial charge in [-0.2, -0.15) is 5.10 Å². The van der Waals surface area contributed by atoms with Crippen molar-refractivity contribution in [1.29, 1.82) is 0 Å². The molecule has 1 aliphatic carbocycles. The SMILES string of the molecule is CCCCOc1ccc(C(=O)NCCn2ncc3c2CCCC3)cc1. The standard InChI is InChI=1S/C20H27N3O2/c1-2-3-14-25-18-10-8-16(9-11-18)20(24)21-12-13-23-19-7-5-4-6-17(19)15-22-23/h8-11,15H,2-7,12-14H2,1H3,(H,21,24). The van der Waals surface area contributed by atoms with E-state index in [1.54, 1.807) is 0 Å². The molecule has 5 heteroatoms. The molecule has 0 radical (unpaired) electrons. The Bertz CT molecular complexity index is 691. The predicted octanol–water partition coefficient (Wildman–Crippen LogP) is 3.37. The molecular formula is C20H27N3O2. The Morgan fingerprint density at radius 3 is 2.84 bits per heavy atom. The van der Waals surface area contributed by atoms with E-state index in [0.29, 0.717) is 12.1 Å². The second kappa shape index (κ2) is 8.70. The van der Waals surface area contributed by atoms with E-state index < -0.39 is 0 Å². The number of hydrogen-bond acceptors (Lipinski definition) is 3. The Balaban J connectivity index is 1.47. The molecule has 0 fully saturated rings. The van der Waals surface area contributed by atoms with Gasteiger partial charge in [0.15, 0.2) is 0 Å². The van der Waals surface area contributed by atoms with E-state index in [2.05, 4.69) is 17.3 Å². The minimum atomic E-state index is -0.0545. The maximum absolute atomic E-state index is 12.3. The molecule has 1 aliphatic rings. The van der Waals surface area contributed by atoms with Gasteiger partial charge in [-0.1, -0.05) is 13.3 Å². The summed E-state index contributed by atoms with van der Waals surface area (Å²) in [6, 6.07) is 7.34. The van der Waals surface area contributed by atoms with Crippen molar-refractivity contribution < 1.29 is 9.53 Å². The summed E-state index contributed by atoms with van der Waals surface area (Å²) in [7, 11) is 0. The van der Waals surface area contributed by atoms with Crippen molar-refractivity contribution in [3.05, 3.63) is 47.3 Å². The second-order valence-electron chi connectivity index (χ2n) is 6.53. The summed E-state index contributed by atoms with van der Waals surface area (Å²) in [5.74, 6) is 0.759. The minimum absolute atomic E-state index is 0.0545. The van der Waals surface area contributed by atoms with Crippen LogP contribution in [0.15, 0.2) is 30.5 Å². The number of aryl methyl sites for hydroxylation is 1. The summed E-state index contributed by atoms with van der Waals surface area (Å²) in [5.41, 5.74) is 3.37. The van der Waals surface area contributed by atoms with Gasteiger partial charge >= 0.3 is 0 Å². The number of carbonyl (C=O) groups is 1. The average molecular weight is 341 g/mol. The van der Waals surface area contributed by atoms with Crippen molar-refractivity contribution in [1.82, 2.24) is 15.1 Å². The summed E-state index contributed by atoms with van der Waals surface area (Å²) < 4.78 is 7.66.